The first kappa shape index (κ1) is 14.4. The van der Waals surface area contributed by atoms with Crippen LogP contribution in [0.15, 0.2) is 24.3 Å². The van der Waals surface area contributed by atoms with E-state index in [0.717, 1.165) is 43.5 Å². The fourth-order valence-electron chi connectivity index (χ4n) is 3.66. The molecule has 1 saturated heterocycles. The summed E-state index contributed by atoms with van der Waals surface area (Å²) in [6.07, 6.45) is 5.54. The van der Waals surface area contributed by atoms with Crippen LogP contribution in [0.3, 0.4) is 0 Å². The van der Waals surface area contributed by atoms with Crippen LogP contribution in [0.4, 0.5) is 0 Å². The molecule has 1 amide bonds. The number of carbonyl (C=O) groups is 1. The first-order valence-corrected chi connectivity index (χ1v) is 8.06. The van der Waals surface area contributed by atoms with Gasteiger partial charge in [-0.25, -0.2) is 0 Å². The van der Waals surface area contributed by atoms with Gasteiger partial charge in [-0.05, 0) is 49.9 Å². The minimum atomic E-state index is 0.156. The lowest BCUT2D eigenvalue weighted by Gasteiger charge is -2.35. The average molecular weight is 289 g/mol. The smallest absolute Gasteiger partial charge is 0.254 e. The number of hydrogen-bond donors (Lipinski definition) is 1. The zero-order chi connectivity index (χ0) is 14.7. The van der Waals surface area contributed by atoms with Crippen molar-refractivity contribution in [2.24, 2.45) is 0 Å². The van der Waals surface area contributed by atoms with Gasteiger partial charge in [0.2, 0.25) is 0 Å². The Morgan fingerprint density at radius 2 is 1.76 bits per heavy atom. The maximum Gasteiger partial charge on any atom is 0.254 e. The summed E-state index contributed by atoms with van der Waals surface area (Å²) in [5.41, 5.74) is 0.764. The second-order valence-corrected chi connectivity index (χ2v) is 6.16. The Kier molecular flexibility index (Phi) is 4.44. The lowest BCUT2D eigenvalue weighted by Crippen LogP contribution is -3.18. The summed E-state index contributed by atoms with van der Waals surface area (Å²) in [7, 11) is 1.64. The third-order valence-corrected chi connectivity index (χ3v) is 4.96. The molecule has 114 valence electrons. The van der Waals surface area contributed by atoms with E-state index in [1.165, 1.54) is 25.7 Å². The molecule has 2 fully saturated rings. The van der Waals surface area contributed by atoms with Gasteiger partial charge in [-0.2, -0.15) is 0 Å². The zero-order valence-electron chi connectivity index (χ0n) is 12.8. The summed E-state index contributed by atoms with van der Waals surface area (Å²) in [5.74, 6) is 0.949. The molecule has 1 heterocycles. The molecular formula is C17H25N2O2+. The van der Waals surface area contributed by atoms with Gasteiger partial charge in [-0.1, -0.05) is 0 Å². The van der Waals surface area contributed by atoms with Gasteiger partial charge >= 0.3 is 0 Å². The molecule has 0 spiro atoms. The molecule has 4 nitrogen and oxygen atoms in total. The highest BCUT2D eigenvalue weighted by atomic mass is 16.5. The number of rotatable bonds is 3. The second-order valence-electron chi connectivity index (χ2n) is 6.16. The molecule has 21 heavy (non-hydrogen) atoms. The Balaban J connectivity index is 1.56. The summed E-state index contributed by atoms with van der Waals surface area (Å²) >= 11 is 0. The minimum absolute atomic E-state index is 0.156. The van der Waals surface area contributed by atoms with Gasteiger partial charge in [0.25, 0.3) is 5.91 Å². The van der Waals surface area contributed by atoms with E-state index in [-0.39, 0.29) is 5.91 Å². The maximum atomic E-state index is 12.5. The standard InChI is InChI=1S/C17H24N2O2/c1-21-16-8-6-14(7-9-16)17(20)19-12-10-18(11-13-19)15-4-2-3-5-15/h6-9,15H,2-5,10-13H2,1H3/p+1. The number of nitrogens with zero attached hydrogens (tertiary/aromatic N) is 1. The van der Waals surface area contributed by atoms with Crippen molar-refractivity contribution in [3.8, 4) is 5.75 Å². The summed E-state index contributed by atoms with van der Waals surface area (Å²) < 4.78 is 5.14. The number of methoxy groups -OCH3 is 1. The molecule has 1 aliphatic carbocycles. The molecule has 3 rings (SSSR count). The van der Waals surface area contributed by atoms with E-state index in [1.807, 2.05) is 29.2 Å². The molecule has 0 unspecified atom stereocenters. The van der Waals surface area contributed by atoms with E-state index < -0.39 is 0 Å². The highest BCUT2D eigenvalue weighted by Crippen LogP contribution is 2.16. The van der Waals surface area contributed by atoms with Gasteiger partial charge in [-0.15, -0.1) is 0 Å². The summed E-state index contributed by atoms with van der Waals surface area (Å²) in [4.78, 5) is 16.2. The van der Waals surface area contributed by atoms with E-state index in [9.17, 15) is 4.79 Å². The monoisotopic (exact) mass is 289 g/mol. The molecule has 0 radical (unpaired) electrons. The molecule has 1 saturated carbocycles. The number of ether oxygens (including phenoxy) is 1. The zero-order valence-corrected chi connectivity index (χ0v) is 12.8. The maximum absolute atomic E-state index is 12.5. The Morgan fingerprint density at radius 3 is 2.33 bits per heavy atom. The predicted molar refractivity (Wildman–Crippen MR) is 81.9 cm³/mol. The summed E-state index contributed by atoms with van der Waals surface area (Å²) in [5, 5.41) is 0. The van der Waals surface area contributed by atoms with Gasteiger partial charge in [0.15, 0.2) is 0 Å². The average Bonchev–Trinajstić information content (AvgIpc) is 3.09. The summed E-state index contributed by atoms with van der Waals surface area (Å²) in [6, 6.07) is 8.28. The van der Waals surface area contributed by atoms with Crippen molar-refractivity contribution in [3.63, 3.8) is 0 Å². The molecule has 2 aliphatic rings. The van der Waals surface area contributed by atoms with Crippen LogP contribution in [0.25, 0.3) is 0 Å². The van der Waals surface area contributed by atoms with E-state index in [0.29, 0.717) is 0 Å². The molecular weight excluding hydrogens is 264 g/mol. The van der Waals surface area contributed by atoms with Gasteiger partial charge in [0.1, 0.15) is 5.75 Å². The van der Waals surface area contributed by atoms with Gasteiger partial charge < -0.3 is 14.5 Å². The van der Waals surface area contributed by atoms with Gasteiger partial charge in [-0.3, -0.25) is 4.79 Å². The Morgan fingerprint density at radius 1 is 1.14 bits per heavy atom. The quantitative estimate of drug-likeness (QED) is 0.900. The minimum Gasteiger partial charge on any atom is -0.497 e. The fourth-order valence-corrected chi connectivity index (χ4v) is 3.66. The van der Waals surface area contributed by atoms with Gasteiger partial charge in [0, 0.05) is 5.56 Å². The SMILES string of the molecule is COc1ccc(C(=O)N2CC[NH+](C3CCCC3)CC2)cc1. The van der Waals surface area contributed by atoms with E-state index >= 15 is 0 Å². The molecule has 1 aromatic carbocycles. The van der Waals surface area contributed by atoms with Crippen LogP contribution in [-0.2, 0) is 0 Å². The van der Waals surface area contributed by atoms with Crippen LogP contribution in [0.2, 0.25) is 0 Å². The topological polar surface area (TPSA) is 34.0 Å². The number of amides is 1. The first-order chi connectivity index (χ1) is 10.3. The van der Waals surface area contributed by atoms with Crippen LogP contribution in [0.1, 0.15) is 36.0 Å². The summed E-state index contributed by atoms with van der Waals surface area (Å²) in [6.45, 7) is 3.98. The van der Waals surface area contributed by atoms with Crippen molar-refractivity contribution in [3.05, 3.63) is 29.8 Å². The predicted octanol–water partition coefficient (Wildman–Crippen LogP) is 0.978. The Bertz CT molecular complexity index is 472. The van der Waals surface area contributed by atoms with Crippen LogP contribution < -0.4 is 9.64 Å². The number of quaternary nitrogens is 1. The molecule has 1 aliphatic heterocycles. The van der Waals surface area contributed by atoms with Gasteiger partial charge in [0.05, 0.1) is 39.3 Å². The third-order valence-electron chi connectivity index (χ3n) is 4.96. The normalized spacial score (nSPS) is 20.7. The van der Waals surface area contributed by atoms with Crippen molar-refractivity contribution < 1.29 is 14.4 Å². The number of hydrogen-bond acceptors (Lipinski definition) is 2. The van der Waals surface area contributed by atoms with Crippen molar-refractivity contribution in [1.29, 1.82) is 0 Å². The molecule has 0 bridgehead atoms. The van der Waals surface area contributed by atoms with Crippen molar-refractivity contribution in [1.82, 2.24) is 4.90 Å². The number of piperazine rings is 1. The molecule has 1 N–H and O–H groups in total. The largest absolute Gasteiger partial charge is 0.497 e. The first-order valence-electron chi connectivity index (χ1n) is 8.06. The Hall–Kier alpha value is -1.55. The van der Waals surface area contributed by atoms with Crippen LogP contribution in [0, 0.1) is 0 Å². The van der Waals surface area contributed by atoms with E-state index in [1.54, 1.807) is 12.0 Å². The molecule has 1 aromatic rings. The van der Waals surface area contributed by atoms with Crippen LogP contribution >= 0.6 is 0 Å². The second kappa shape index (κ2) is 6.48. The van der Waals surface area contributed by atoms with Crippen LogP contribution in [0.5, 0.6) is 5.75 Å². The molecule has 4 heteroatoms. The Labute approximate surface area is 126 Å². The van der Waals surface area contributed by atoms with Crippen molar-refractivity contribution >= 4 is 5.91 Å². The third kappa shape index (κ3) is 3.21. The van der Waals surface area contributed by atoms with Crippen LogP contribution in [-0.4, -0.2) is 50.1 Å². The highest BCUT2D eigenvalue weighted by molar-refractivity contribution is 5.94. The van der Waals surface area contributed by atoms with Crippen molar-refractivity contribution in [2.75, 3.05) is 33.3 Å². The number of carbonyl (C=O) groups excluding carboxylic acids is 1. The lowest BCUT2D eigenvalue weighted by atomic mass is 10.1. The van der Waals surface area contributed by atoms with E-state index in [4.69, 9.17) is 4.74 Å². The fraction of sp³-hybridized carbons (Fsp3) is 0.588. The molecule has 0 atom stereocenters. The lowest BCUT2D eigenvalue weighted by molar-refractivity contribution is -0.928. The number of benzene rings is 1. The number of nitrogens with one attached hydrogen (secondary N) is 1. The highest BCUT2D eigenvalue weighted by Gasteiger charge is 2.31. The van der Waals surface area contributed by atoms with E-state index in [2.05, 4.69) is 0 Å². The molecule has 0 aromatic heterocycles. The van der Waals surface area contributed by atoms with Crippen molar-refractivity contribution in [2.45, 2.75) is 31.7 Å².